The van der Waals surface area contributed by atoms with Crippen LogP contribution in [0.1, 0.15) is 23.7 Å². The molecule has 0 aliphatic heterocycles. The number of rotatable bonds is 11. The van der Waals surface area contributed by atoms with E-state index in [1.807, 2.05) is 38.1 Å². The van der Waals surface area contributed by atoms with Crippen LogP contribution in [-0.4, -0.2) is 26.2 Å². The number of benzene rings is 2. The average Bonchev–Trinajstić information content (AvgIpc) is 2.94. The lowest BCUT2D eigenvalue weighted by molar-refractivity contribution is 0.237. The minimum absolute atomic E-state index is 0.0786. The summed E-state index contributed by atoms with van der Waals surface area (Å²) < 4.78 is 26.3. The lowest BCUT2D eigenvalue weighted by Crippen LogP contribution is -2.44. The van der Waals surface area contributed by atoms with Crippen molar-refractivity contribution >= 4 is 11.6 Å². The highest BCUT2D eigenvalue weighted by Gasteiger charge is 2.18. The van der Waals surface area contributed by atoms with E-state index < -0.39 is 18.1 Å². The molecule has 39 heavy (non-hydrogen) atoms. The first-order chi connectivity index (χ1) is 18.8. The number of anilines is 2. The first kappa shape index (κ1) is 27.3. The zero-order valence-electron chi connectivity index (χ0n) is 22.1. The number of pyridine rings is 1. The molecule has 4 aromatic rings. The first-order valence-corrected chi connectivity index (χ1v) is 12.3. The summed E-state index contributed by atoms with van der Waals surface area (Å²) in [4.78, 5) is 34.8. The lowest BCUT2D eigenvalue weighted by Gasteiger charge is -2.18. The van der Waals surface area contributed by atoms with Crippen LogP contribution in [0.4, 0.5) is 16.0 Å². The number of hydrogen-bond donors (Lipinski definition) is 1. The Morgan fingerprint density at radius 1 is 1.03 bits per heavy atom. The van der Waals surface area contributed by atoms with Crippen molar-refractivity contribution in [2.75, 3.05) is 12.4 Å². The lowest BCUT2D eigenvalue weighted by atomic mass is 10.1. The predicted molar refractivity (Wildman–Crippen MR) is 147 cm³/mol. The third-order valence-electron chi connectivity index (χ3n) is 6.13. The molecule has 10 heteroatoms. The van der Waals surface area contributed by atoms with Crippen molar-refractivity contribution in [1.82, 2.24) is 19.1 Å². The summed E-state index contributed by atoms with van der Waals surface area (Å²) in [6, 6.07) is 19.4. The van der Waals surface area contributed by atoms with Crippen LogP contribution in [0.15, 0.2) is 88.7 Å². The summed E-state index contributed by atoms with van der Waals surface area (Å²) in [7, 11) is 1.50. The number of allylic oxidation sites excluding steroid dienone is 1. The van der Waals surface area contributed by atoms with Gasteiger partial charge in [-0.1, -0.05) is 49.4 Å². The molecular formula is C29H30FN5O4. The molecule has 202 valence electrons. The van der Waals surface area contributed by atoms with E-state index in [4.69, 9.17) is 9.47 Å². The van der Waals surface area contributed by atoms with Crippen LogP contribution in [0.3, 0.4) is 0 Å². The molecule has 0 bridgehead atoms. The molecule has 1 atom stereocenters. The van der Waals surface area contributed by atoms with Crippen LogP contribution in [0.2, 0.25) is 0 Å². The molecule has 4 rings (SSSR count). The summed E-state index contributed by atoms with van der Waals surface area (Å²) in [6.07, 6.45) is 0. The van der Waals surface area contributed by atoms with E-state index in [-0.39, 0.29) is 36.5 Å². The van der Waals surface area contributed by atoms with Crippen molar-refractivity contribution < 1.29 is 13.9 Å². The summed E-state index contributed by atoms with van der Waals surface area (Å²) in [5, 5.41) is 3.09. The summed E-state index contributed by atoms with van der Waals surface area (Å²) in [5.41, 5.74) is 1.63. The number of ether oxygens (including phenoxy) is 2. The molecule has 0 saturated carbocycles. The molecule has 2 aromatic heterocycles. The highest BCUT2D eigenvalue weighted by atomic mass is 19.1. The summed E-state index contributed by atoms with van der Waals surface area (Å²) in [5.74, 6) is 1.04. The number of methoxy groups -OCH3 is 1. The van der Waals surface area contributed by atoms with E-state index in [1.54, 1.807) is 42.5 Å². The number of alkyl halides is 1. The van der Waals surface area contributed by atoms with Gasteiger partial charge in [-0.15, -0.1) is 0 Å². The largest absolute Gasteiger partial charge is 0.501 e. The van der Waals surface area contributed by atoms with E-state index in [2.05, 4.69) is 21.9 Å². The molecule has 0 aliphatic carbocycles. The summed E-state index contributed by atoms with van der Waals surface area (Å²) in [6.45, 7) is 7.23. The zero-order valence-corrected chi connectivity index (χ0v) is 22.1. The van der Waals surface area contributed by atoms with Crippen molar-refractivity contribution in [3.63, 3.8) is 0 Å². The Bertz CT molecular complexity index is 1560. The Morgan fingerprint density at radius 3 is 2.41 bits per heavy atom. The zero-order chi connectivity index (χ0) is 27.9. The van der Waals surface area contributed by atoms with Gasteiger partial charge in [-0.05, 0) is 42.8 Å². The van der Waals surface area contributed by atoms with Gasteiger partial charge >= 0.3 is 11.4 Å². The van der Waals surface area contributed by atoms with Gasteiger partial charge in [0.1, 0.15) is 12.4 Å². The molecule has 9 nitrogen and oxygen atoms in total. The maximum Gasteiger partial charge on any atom is 0.354 e. The topological polar surface area (TPSA) is 100 Å². The smallest absolute Gasteiger partial charge is 0.354 e. The fraction of sp³-hybridized carbons (Fsp3) is 0.241. The Kier molecular flexibility index (Phi) is 8.55. The van der Waals surface area contributed by atoms with E-state index >= 15 is 0 Å². The van der Waals surface area contributed by atoms with Gasteiger partial charge in [0.2, 0.25) is 11.8 Å². The van der Waals surface area contributed by atoms with Crippen LogP contribution in [0.25, 0.3) is 0 Å². The van der Waals surface area contributed by atoms with Crippen LogP contribution in [0, 0.1) is 12.8 Å². The fourth-order valence-electron chi connectivity index (χ4n) is 3.82. The first-order valence-electron chi connectivity index (χ1n) is 12.3. The summed E-state index contributed by atoms with van der Waals surface area (Å²) >= 11 is 0. The van der Waals surface area contributed by atoms with Crippen molar-refractivity contribution in [2.24, 2.45) is 5.92 Å². The van der Waals surface area contributed by atoms with E-state index in [9.17, 15) is 14.0 Å². The van der Waals surface area contributed by atoms with Crippen molar-refractivity contribution in [2.45, 2.75) is 33.6 Å². The third-order valence-corrected chi connectivity index (χ3v) is 6.13. The van der Waals surface area contributed by atoms with Crippen molar-refractivity contribution in [1.29, 1.82) is 0 Å². The second-order valence-corrected chi connectivity index (χ2v) is 9.11. The fourth-order valence-corrected chi connectivity index (χ4v) is 3.82. The minimum atomic E-state index is -0.684. The van der Waals surface area contributed by atoms with Gasteiger partial charge in [0.05, 0.1) is 25.1 Å². The second kappa shape index (κ2) is 12.2. The van der Waals surface area contributed by atoms with Gasteiger partial charge in [-0.25, -0.2) is 23.5 Å². The van der Waals surface area contributed by atoms with E-state index in [0.29, 0.717) is 17.2 Å². The van der Waals surface area contributed by atoms with Gasteiger partial charge in [0, 0.05) is 24.2 Å². The predicted octanol–water partition coefficient (Wildman–Crippen LogP) is 4.96. The van der Waals surface area contributed by atoms with Crippen LogP contribution in [0.5, 0.6) is 11.6 Å². The molecule has 0 aliphatic rings. The highest BCUT2D eigenvalue weighted by Crippen LogP contribution is 2.23. The molecule has 1 N–H and O–H groups in total. The normalized spacial score (nSPS) is 11.6. The number of nitrogens with one attached hydrogen (secondary N) is 1. The molecule has 0 spiro atoms. The Balaban J connectivity index is 1.64. The van der Waals surface area contributed by atoms with E-state index in [1.165, 1.54) is 11.7 Å². The van der Waals surface area contributed by atoms with Gasteiger partial charge in [0.15, 0.2) is 0 Å². The number of aromatic nitrogens is 4. The minimum Gasteiger partial charge on any atom is -0.501 e. The Hall–Kier alpha value is -4.73. The number of halogens is 1. The molecule has 0 amide bonds. The third kappa shape index (κ3) is 6.78. The average molecular weight is 532 g/mol. The highest BCUT2D eigenvalue weighted by molar-refractivity contribution is 5.55. The number of aryl methyl sites for hydroxylation is 1. The number of nitrogens with zero attached hydrogens (tertiary/aromatic N) is 4. The molecule has 0 saturated heterocycles. The Morgan fingerprint density at radius 2 is 1.74 bits per heavy atom. The molecule has 2 heterocycles. The van der Waals surface area contributed by atoms with Gasteiger partial charge in [-0.3, -0.25) is 4.57 Å². The van der Waals surface area contributed by atoms with Crippen molar-refractivity contribution in [3.05, 3.63) is 117 Å². The maximum atomic E-state index is 13.5. The molecule has 0 radical (unpaired) electrons. The maximum absolute atomic E-state index is 13.5. The standard InChI is InChI=1S/C29H30FN5O4/c1-19-8-10-22(11-9-19)18-34-27(33-28(36)35(29(34)37)17-20(2)21(3)38-4)32-23-12-14-25(15-13-23)39-26-7-5-6-24(16-30)31-26/h5-15,20H,3,16-18H2,1-2,4H3,(H,32,33,36)/t20-/m0/s1. The van der Waals surface area contributed by atoms with Crippen LogP contribution < -0.4 is 21.4 Å². The SMILES string of the molecule is C=C(OC)[C@@H](C)Cn1c(=O)nc(Nc2ccc(Oc3cccc(CF)n3)cc2)n(Cc2ccc(C)cc2)c1=O. The van der Waals surface area contributed by atoms with Gasteiger partial charge < -0.3 is 14.8 Å². The molecular weight excluding hydrogens is 501 g/mol. The Labute approximate surface area is 225 Å². The number of hydrogen-bond acceptors (Lipinski definition) is 7. The van der Waals surface area contributed by atoms with Gasteiger partial charge in [-0.2, -0.15) is 4.98 Å². The molecule has 0 unspecified atom stereocenters. The van der Waals surface area contributed by atoms with Crippen LogP contribution in [-0.2, 0) is 24.5 Å². The van der Waals surface area contributed by atoms with Crippen molar-refractivity contribution in [3.8, 4) is 11.6 Å². The monoisotopic (exact) mass is 531 g/mol. The second-order valence-electron chi connectivity index (χ2n) is 9.11. The van der Waals surface area contributed by atoms with Crippen LogP contribution >= 0.6 is 0 Å². The molecule has 0 fully saturated rings. The quantitative estimate of drug-likeness (QED) is 0.273. The molecule has 2 aromatic carbocycles. The van der Waals surface area contributed by atoms with Gasteiger partial charge in [0.25, 0.3) is 0 Å². The van der Waals surface area contributed by atoms with E-state index in [0.717, 1.165) is 15.7 Å².